The molecule has 5 heteroatoms. The summed E-state index contributed by atoms with van der Waals surface area (Å²) in [7, 11) is 0. The van der Waals surface area contributed by atoms with Gasteiger partial charge in [-0.2, -0.15) is 0 Å². The van der Waals surface area contributed by atoms with Gasteiger partial charge in [-0.1, -0.05) is 29.8 Å². The third-order valence-electron chi connectivity index (χ3n) is 4.13. The fourth-order valence-corrected chi connectivity index (χ4v) is 3.45. The molecule has 1 amide bonds. The van der Waals surface area contributed by atoms with Crippen molar-refractivity contribution >= 4 is 17.5 Å². The maximum atomic E-state index is 12.2. The van der Waals surface area contributed by atoms with E-state index < -0.39 is 0 Å². The summed E-state index contributed by atoms with van der Waals surface area (Å²) >= 11 is 6.44. The Labute approximate surface area is 142 Å². The van der Waals surface area contributed by atoms with Crippen LogP contribution >= 0.6 is 11.6 Å². The Kier molecular flexibility index (Phi) is 4.74. The van der Waals surface area contributed by atoms with Crippen molar-refractivity contribution < 1.29 is 4.79 Å². The van der Waals surface area contributed by atoms with Gasteiger partial charge in [0, 0.05) is 36.0 Å². The van der Waals surface area contributed by atoms with E-state index in [0.29, 0.717) is 6.54 Å². The molecule has 0 aliphatic carbocycles. The third-order valence-corrected chi connectivity index (χ3v) is 4.48. The molecule has 2 aromatic rings. The second-order valence-electron chi connectivity index (χ2n) is 6.24. The van der Waals surface area contributed by atoms with E-state index in [2.05, 4.69) is 33.1 Å². The molecule has 1 aromatic carbocycles. The van der Waals surface area contributed by atoms with Gasteiger partial charge in [-0.05, 0) is 37.6 Å². The van der Waals surface area contributed by atoms with Crippen LogP contribution in [-0.2, 0) is 11.3 Å². The molecular formula is C18H22ClN3O. The average Bonchev–Trinajstić information content (AvgIpc) is 2.95. The maximum Gasteiger partial charge on any atom is 0.234 e. The van der Waals surface area contributed by atoms with Crippen LogP contribution in [0.5, 0.6) is 0 Å². The average molecular weight is 332 g/mol. The summed E-state index contributed by atoms with van der Waals surface area (Å²) in [6.07, 6.45) is 2.09. The Hall–Kier alpha value is -1.78. The highest BCUT2D eigenvalue weighted by atomic mass is 35.5. The number of halogens is 1. The predicted octanol–water partition coefficient (Wildman–Crippen LogP) is 3.07. The number of amides is 1. The topological polar surface area (TPSA) is 37.3 Å². The number of carbonyl (C=O) groups is 1. The van der Waals surface area contributed by atoms with Crippen LogP contribution < -0.4 is 5.32 Å². The van der Waals surface area contributed by atoms with Gasteiger partial charge in [0.2, 0.25) is 5.91 Å². The SMILES string of the molecule is CC(C)NC(=O)CN1CCn2cccc2C1c1ccccc1Cl. The molecule has 0 radical (unpaired) electrons. The van der Waals surface area contributed by atoms with Crippen molar-refractivity contribution in [3.05, 3.63) is 58.9 Å². The number of hydrogen-bond acceptors (Lipinski definition) is 2. The Balaban J connectivity index is 1.93. The molecule has 1 aliphatic rings. The Morgan fingerprint density at radius 1 is 1.26 bits per heavy atom. The monoisotopic (exact) mass is 331 g/mol. The van der Waals surface area contributed by atoms with E-state index in [0.717, 1.165) is 23.7 Å². The third kappa shape index (κ3) is 3.43. The molecule has 3 rings (SSSR count). The highest BCUT2D eigenvalue weighted by Crippen LogP contribution is 2.35. The normalized spacial score (nSPS) is 18.0. The molecule has 1 aliphatic heterocycles. The first-order chi connectivity index (χ1) is 11.1. The van der Waals surface area contributed by atoms with E-state index in [1.807, 2.05) is 38.1 Å². The minimum absolute atomic E-state index is 0.00497. The molecule has 2 heterocycles. The highest BCUT2D eigenvalue weighted by molar-refractivity contribution is 6.31. The Morgan fingerprint density at radius 3 is 2.78 bits per heavy atom. The van der Waals surface area contributed by atoms with Crippen LogP contribution in [0.25, 0.3) is 0 Å². The minimum Gasteiger partial charge on any atom is -0.353 e. The van der Waals surface area contributed by atoms with Crippen molar-refractivity contribution in [3.63, 3.8) is 0 Å². The first-order valence-electron chi connectivity index (χ1n) is 7.99. The number of fused-ring (bicyclic) bond motifs is 1. The summed E-state index contributed by atoms with van der Waals surface area (Å²) in [6.45, 7) is 6.04. The van der Waals surface area contributed by atoms with Gasteiger partial charge in [-0.25, -0.2) is 0 Å². The highest BCUT2D eigenvalue weighted by Gasteiger charge is 2.31. The summed E-state index contributed by atoms with van der Waals surface area (Å²) in [5.74, 6) is 0.0528. The summed E-state index contributed by atoms with van der Waals surface area (Å²) in [4.78, 5) is 14.4. The van der Waals surface area contributed by atoms with Gasteiger partial charge in [0.05, 0.1) is 12.6 Å². The number of hydrogen-bond donors (Lipinski definition) is 1. The summed E-state index contributed by atoms with van der Waals surface area (Å²) in [5.41, 5.74) is 2.23. The number of rotatable bonds is 4. The molecule has 0 saturated carbocycles. The molecule has 0 bridgehead atoms. The van der Waals surface area contributed by atoms with Crippen LogP contribution in [0.15, 0.2) is 42.6 Å². The molecule has 1 unspecified atom stereocenters. The van der Waals surface area contributed by atoms with Crippen molar-refractivity contribution in [2.45, 2.75) is 32.5 Å². The van der Waals surface area contributed by atoms with Gasteiger partial charge < -0.3 is 9.88 Å². The van der Waals surface area contributed by atoms with Crippen LogP contribution in [0.2, 0.25) is 5.02 Å². The van der Waals surface area contributed by atoms with Crippen LogP contribution in [0.3, 0.4) is 0 Å². The van der Waals surface area contributed by atoms with Gasteiger partial charge in [0.1, 0.15) is 0 Å². The smallest absolute Gasteiger partial charge is 0.234 e. The molecule has 1 N–H and O–H groups in total. The standard InChI is InChI=1S/C18H22ClN3O/c1-13(2)20-17(23)12-22-11-10-21-9-5-8-16(21)18(22)14-6-3-4-7-15(14)19/h3-9,13,18H,10-12H2,1-2H3,(H,20,23). The lowest BCUT2D eigenvalue weighted by Gasteiger charge is -2.37. The lowest BCUT2D eigenvalue weighted by Crippen LogP contribution is -2.45. The van der Waals surface area contributed by atoms with Gasteiger partial charge in [0.15, 0.2) is 0 Å². The number of nitrogens with zero attached hydrogens (tertiary/aromatic N) is 2. The van der Waals surface area contributed by atoms with Crippen molar-refractivity contribution in [1.82, 2.24) is 14.8 Å². The first kappa shape index (κ1) is 16.1. The molecular weight excluding hydrogens is 310 g/mol. The van der Waals surface area contributed by atoms with Crippen LogP contribution in [0, 0.1) is 0 Å². The summed E-state index contributed by atoms with van der Waals surface area (Å²) < 4.78 is 2.24. The summed E-state index contributed by atoms with van der Waals surface area (Å²) in [6, 6.07) is 12.2. The largest absolute Gasteiger partial charge is 0.353 e. The predicted molar refractivity (Wildman–Crippen MR) is 92.6 cm³/mol. The minimum atomic E-state index is 0.00497. The fourth-order valence-electron chi connectivity index (χ4n) is 3.21. The van der Waals surface area contributed by atoms with Gasteiger partial charge in [0.25, 0.3) is 0 Å². The Morgan fingerprint density at radius 2 is 2.04 bits per heavy atom. The zero-order valence-corrected chi connectivity index (χ0v) is 14.3. The molecule has 1 aromatic heterocycles. The van der Waals surface area contributed by atoms with Crippen molar-refractivity contribution in [2.24, 2.45) is 0 Å². The van der Waals surface area contributed by atoms with Crippen LogP contribution in [0.1, 0.15) is 31.1 Å². The number of carbonyl (C=O) groups excluding carboxylic acids is 1. The number of benzene rings is 1. The van der Waals surface area contributed by atoms with Crippen molar-refractivity contribution in [3.8, 4) is 0 Å². The molecule has 122 valence electrons. The fraction of sp³-hybridized carbons (Fsp3) is 0.389. The lowest BCUT2D eigenvalue weighted by atomic mass is 10.00. The Bertz CT molecular complexity index is 695. The second kappa shape index (κ2) is 6.77. The van der Waals surface area contributed by atoms with E-state index in [1.54, 1.807) is 0 Å². The first-order valence-corrected chi connectivity index (χ1v) is 8.37. The number of nitrogens with one attached hydrogen (secondary N) is 1. The van der Waals surface area contributed by atoms with Crippen molar-refractivity contribution in [1.29, 1.82) is 0 Å². The van der Waals surface area contributed by atoms with Crippen molar-refractivity contribution in [2.75, 3.05) is 13.1 Å². The zero-order chi connectivity index (χ0) is 16.4. The van der Waals surface area contributed by atoms with Gasteiger partial charge >= 0.3 is 0 Å². The van der Waals surface area contributed by atoms with E-state index >= 15 is 0 Å². The van der Waals surface area contributed by atoms with E-state index in [4.69, 9.17) is 11.6 Å². The van der Waals surface area contributed by atoms with Gasteiger partial charge in [-0.15, -0.1) is 0 Å². The van der Waals surface area contributed by atoms with E-state index in [9.17, 15) is 4.79 Å². The van der Waals surface area contributed by atoms with E-state index in [-0.39, 0.29) is 18.0 Å². The van der Waals surface area contributed by atoms with E-state index in [1.165, 1.54) is 5.69 Å². The second-order valence-corrected chi connectivity index (χ2v) is 6.65. The molecule has 0 fully saturated rings. The zero-order valence-electron chi connectivity index (χ0n) is 13.5. The maximum absolute atomic E-state index is 12.2. The molecule has 4 nitrogen and oxygen atoms in total. The van der Waals surface area contributed by atoms with Crippen LogP contribution in [-0.4, -0.2) is 34.5 Å². The molecule has 0 saturated heterocycles. The van der Waals surface area contributed by atoms with Gasteiger partial charge in [-0.3, -0.25) is 9.69 Å². The summed E-state index contributed by atoms with van der Waals surface area (Å²) in [5, 5.41) is 3.71. The lowest BCUT2D eigenvalue weighted by molar-refractivity contribution is -0.123. The molecule has 0 spiro atoms. The molecule has 1 atom stereocenters. The van der Waals surface area contributed by atoms with Crippen LogP contribution in [0.4, 0.5) is 0 Å². The quantitative estimate of drug-likeness (QED) is 0.935. The number of aromatic nitrogens is 1. The molecule has 23 heavy (non-hydrogen) atoms.